The van der Waals surface area contributed by atoms with Crippen molar-refractivity contribution in [3.05, 3.63) is 173 Å². The van der Waals surface area contributed by atoms with E-state index in [1.165, 1.54) is 6.92 Å². The molecule has 0 aromatic heterocycles. The maximum Gasteiger partial charge on any atom is 0.321 e. The normalized spacial score (nSPS) is 10.9. The fourth-order valence-electron chi connectivity index (χ4n) is 4.88. The van der Waals surface area contributed by atoms with Crippen LogP contribution in [0.2, 0.25) is 0 Å². The van der Waals surface area contributed by atoms with Gasteiger partial charge in [-0.15, -0.1) is 0 Å². The van der Waals surface area contributed by atoms with Crippen LogP contribution in [0.1, 0.15) is 52.9 Å². The van der Waals surface area contributed by atoms with Crippen molar-refractivity contribution in [1.82, 2.24) is 0 Å². The Morgan fingerprint density at radius 2 is 0.767 bits per heavy atom. The predicted octanol–water partition coefficient (Wildman–Crippen LogP) is 7.36. The summed E-state index contributed by atoms with van der Waals surface area (Å²) in [6, 6.07) is 43.5. The molecule has 0 aliphatic carbocycles. The van der Waals surface area contributed by atoms with Gasteiger partial charge in [-0.25, -0.2) is 0 Å². The van der Waals surface area contributed by atoms with Crippen LogP contribution in [0, 0.1) is 0 Å². The van der Waals surface area contributed by atoms with Gasteiger partial charge in [0, 0.05) is 12.5 Å². The van der Waals surface area contributed by atoms with E-state index in [0.717, 1.165) is 22.3 Å². The first-order chi connectivity index (χ1) is 21.0. The Hall–Kier alpha value is -5.49. The summed E-state index contributed by atoms with van der Waals surface area (Å²) in [6.45, 7) is 1.31. The molecule has 0 bridgehead atoms. The lowest BCUT2D eigenvalue weighted by Gasteiger charge is -2.25. The highest BCUT2D eigenvalue weighted by atomic mass is 16.7. The smallest absolute Gasteiger partial charge is 0.321 e. The fourth-order valence-corrected chi connectivity index (χ4v) is 4.88. The summed E-state index contributed by atoms with van der Waals surface area (Å²) in [4.78, 5) is 39.3. The molecule has 0 heterocycles. The Morgan fingerprint density at radius 3 is 1.07 bits per heavy atom. The van der Waals surface area contributed by atoms with Crippen molar-refractivity contribution < 1.29 is 28.6 Å². The van der Waals surface area contributed by atoms with Crippen molar-refractivity contribution in [3.63, 3.8) is 0 Å². The summed E-state index contributed by atoms with van der Waals surface area (Å²) >= 11 is 0. The topological polar surface area (TPSA) is 78.9 Å². The standard InChI is InChI=1S/C37H30O6/c1-26(38)41-32-24-22-31(23-25-32)37(42-35(39)33(27-14-6-2-7-15-27)28-16-8-3-9-17-28)43-36(40)34(29-18-10-4-11-19-29)30-20-12-5-13-21-30/h2-25,33-34,37H,1H3. The number of ether oxygens (including phenoxy) is 3. The second kappa shape index (κ2) is 13.9. The molecule has 0 aliphatic rings. The van der Waals surface area contributed by atoms with Crippen LogP contribution in [0.25, 0.3) is 0 Å². The van der Waals surface area contributed by atoms with Gasteiger partial charge in [-0.05, 0) is 46.5 Å². The first kappa shape index (κ1) is 29.0. The van der Waals surface area contributed by atoms with Gasteiger partial charge in [0.15, 0.2) is 0 Å². The van der Waals surface area contributed by atoms with Gasteiger partial charge < -0.3 is 14.2 Å². The Bertz CT molecular complexity index is 1460. The summed E-state index contributed by atoms with van der Waals surface area (Å²) in [6.07, 6.45) is -1.38. The first-order valence-corrected chi connectivity index (χ1v) is 13.9. The average Bonchev–Trinajstić information content (AvgIpc) is 3.03. The van der Waals surface area contributed by atoms with E-state index >= 15 is 0 Å². The van der Waals surface area contributed by atoms with Crippen LogP contribution in [0.5, 0.6) is 5.75 Å². The molecule has 0 N–H and O–H groups in total. The minimum absolute atomic E-state index is 0.311. The van der Waals surface area contributed by atoms with E-state index in [1.54, 1.807) is 24.3 Å². The van der Waals surface area contributed by atoms with Crippen LogP contribution in [0.3, 0.4) is 0 Å². The van der Waals surface area contributed by atoms with Gasteiger partial charge >= 0.3 is 17.9 Å². The summed E-state index contributed by atoms with van der Waals surface area (Å²) in [5.41, 5.74) is 3.35. The van der Waals surface area contributed by atoms with Crippen molar-refractivity contribution in [2.75, 3.05) is 0 Å². The number of esters is 3. The monoisotopic (exact) mass is 570 g/mol. The molecule has 0 atom stereocenters. The lowest BCUT2D eigenvalue weighted by atomic mass is 9.91. The summed E-state index contributed by atoms with van der Waals surface area (Å²) in [5.74, 6) is -2.86. The molecule has 6 heteroatoms. The zero-order valence-corrected chi connectivity index (χ0v) is 23.5. The fraction of sp³-hybridized carbons (Fsp3) is 0.108. The molecule has 0 spiro atoms. The van der Waals surface area contributed by atoms with Crippen molar-refractivity contribution in [2.24, 2.45) is 0 Å². The van der Waals surface area contributed by atoms with Crippen LogP contribution in [0.15, 0.2) is 146 Å². The maximum absolute atomic E-state index is 13.9. The second-order valence-electron chi connectivity index (χ2n) is 9.88. The Balaban J connectivity index is 1.50. The Morgan fingerprint density at radius 1 is 0.442 bits per heavy atom. The zero-order chi connectivity index (χ0) is 30.0. The van der Waals surface area contributed by atoms with Crippen LogP contribution >= 0.6 is 0 Å². The van der Waals surface area contributed by atoms with E-state index in [4.69, 9.17) is 14.2 Å². The zero-order valence-electron chi connectivity index (χ0n) is 23.5. The third-order valence-corrected chi connectivity index (χ3v) is 6.86. The van der Waals surface area contributed by atoms with Gasteiger partial charge in [0.2, 0.25) is 0 Å². The SMILES string of the molecule is CC(=O)Oc1ccc(C(OC(=O)C(c2ccccc2)c2ccccc2)OC(=O)C(c2ccccc2)c2ccccc2)cc1. The molecule has 214 valence electrons. The Labute approximate surface area is 250 Å². The largest absolute Gasteiger partial charge is 0.427 e. The number of carbonyl (C=O) groups is 3. The van der Waals surface area contributed by atoms with E-state index in [9.17, 15) is 14.4 Å². The summed E-state index contributed by atoms with van der Waals surface area (Å²) < 4.78 is 17.2. The molecule has 5 aromatic rings. The van der Waals surface area contributed by atoms with Gasteiger partial charge in [0.05, 0.1) is 0 Å². The third kappa shape index (κ3) is 7.43. The molecule has 0 amide bonds. The number of rotatable bonds is 10. The highest BCUT2D eigenvalue weighted by Crippen LogP contribution is 2.33. The highest BCUT2D eigenvalue weighted by molar-refractivity contribution is 5.84. The highest BCUT2D eigenvalue weighted by Gasteiger charge is 2.32. The van der Waals surface area contributed by atoms with Crippen molar-refractivity contribution in [1.29, 1.82) is 0 Å². The molecule has 0 fully saturated rings. The maximum atomic E-state index is 13.9. The average molecular weight is 571 g/mol. The van der Waals surface area contributed by atoms with Gasteiger partial charge in [0.25, 0.3) is 6.29 Å². The van der Waals surface area contributed by atoms with E-state index < -0.39 is 36.0 Å². The van der Waals surface area contributed by atoms with Crippen molar-refractivity contribution in [2.45, 2.75) is 25.0 Å². The molecular weight excluding hydrogens is 540 g/mol. The van der Waals surface area contributed by atoms with Crippen LogP contribution in [-0.4, -0.2) is 17.9 Å². The number of hydrogen-bond donors (Lipinski definition) is 0. The quantitative estimate of drug-likeness (QED) is 0.0992. The number of hydrogen-bond acceptors (Lipinski definition) is 6. The molecule has 5 aromatic carbocycles. The third-order valence-electron chi connectivity index (χ3n) is 6.86. The molecule has 0 radical (unpaired) electrons. The number of carbonyl (C=O) groups excluding carboxylic acids is 3. The van der Waals surface area contributed by atoms with Gasteiger partial charge in [-0.1, -0.05) is 121 Å². The van der Waals surface area contributed by atoms with E-state index in [2.05, 4.69) is 0 Å². The van der Waals surface area contributed by atoms with Crippen molar-refractivity contribution in [3.8, 4) is 5.75 Å². The molecule has 43 heavy (non-hydrogen) atoms. The van der Waals surface area contributed by atoms with Gasteiger partial charge in [-0.2, -0.15) is 0 Å². The van der Waals surface area contributed by atoms with Crippen LogP contribution in [0.4, 0.5) is 0 Å². The minimum Gasteiger partial charge on any atom is -0.427 e. The molecule has 0 unspecified atom stereocenters. The second-order valence-corrected chi connectivity index (χ2v) is 9.88. The van der Waals surface area contributed by atoms with E-state index in [0.29, 0.717) is 11.3 Å². The van der Waals surface area contributed by atoms with Gasteiger partial charge in [-0.3, -0.25) is 14.4 Å². The summed E-state index contributed by atoms with van der Waals surface area (Å²) in [7, 11) is 0. The Kier molecular flexibility index (Phi) is 9.39. The predicted molar refractivity (Wildman–Crippen MR) is 162 cm³/mol. The molecule has 0 aliphatic heterocycles. The van der Waals surface area contributed by atoms with Crippen molar-refractivity contribution >= 4 is 17.9 Å². The molecule has 5 rings (SSSR count). The first-order valence-electron chi connectivity index (χ1n) is 13.9. The lowest BCUT2D eigenvalue weighted by molar-refractivity contribution is -0.190. The van der Waals surface area contributed by atoms with Crippen LogP contribution in [-0.2, 0) is 23.9 Å². The minimum atomic E-state index is -1.38. The molecule has 0 saturated heterocycles. The molecule has 6 nitrogen and oxygen atoms in total. The van der Waals surface area contributed by atoms with Crippen LogP contribution < -0.4 is 4.74 Å². The van der Waals surface area contributed by atoms with E-state index in [-0.39, 0.29) is 0 Å². The molecular formula is C37H30O6. The summed E-state index contributed by atoms with van der Waals surface area (Å²) in [5, 5.41) is 0. The van der Waals surface area contributed by atoms with Gasteiger partial charge in [0.1, 0.15) is 17.6 Å². The lowest BCUT2D eigenvalue weighted by Crippen LogP contribution is -2.26. The van der Waals surface area contributed by atoms with E-state index in [1.807, 2.05) is 121 Å². The molecule has 0 saturated carbocycles. The number of benzene rings is 5.